The van der Waals surface area contributed by atoms with Crippen LogP contribution in [-0.4, -0.2) is 29.6 Å². The lowest BCUT2D eigenvalue weighted by Gasteiger charge is -2.07. The summed E-state index contributed by atoms with van der Waals surface area (Å²) >= 11 is 0. The number of carbonyl (C=O) groups is 2. The number of carbonyl (C=O) groups excluding carboxylic acids is 2. The zero-order valence-electron chi connectivity index (χ0n) is 11.6. The predicted molar refractivity (Wildman–Crippen MR) is 78.6 cm³/mol. The average molecular weight is 274 g/mol. The molecule has 2 rings (SSSR count). The summed E-state index contributed by atoms with van der Waals surface area (Å²) in [4.78, 5) is 22.5. The minimum atomic E-state index is -0.285. The van der Waals surface area contributed by atoms with Crippen LogP contribution in [0, 0.1) is 0 Å². The van der Waals surface area contributed by atoms with Gasteiger partial charge in [-0.1, -0.05) is 18.2 Å². The topological polar surface area (TPSA) is 75.2 Å². The Morgan fingerprint density at radius 3 is 2.60 bits per heavy atom. The zero-order valence-corrected chi connectivity index (χ0v) is 11.6. The fraction of sp³-hybridized carbons (Fsp3) is 0.286. The Labute approximate surface area is 117 Å². The van der Waals surface area contributed by atoms with Crippen LogP contribution in [0.4, 0.5) is 10.5 Å². The Hall–Kier alpha value is -2.50. The summed E-state index contributed by atoms with van der Waals surface area (Å²) in [5.74, 6) is -0.110. The Balaban J connectivity index is 1.95. The smallest absolute Gasteiger partial charge is 0.319 e. The normalized spacial score (nSPS) is 10.3. The molecule has 0 fully saturated rings. The Kier molecular flexibility index (Phi) is 4.24. The van der Waals surface area contributed by atoms with E-state index in [-0.39, 0.29) is 11.9 Å². The van der Waals surface area contributed by atoms with E-state index < -0.39 is 0 Å². The number of para-hydroxylation sites is 1. The quantitative estimate of drug-likeness (QED) is 0.738. The van der Waals surface area contributed by atoms with Gasteiger partial charge in [-0.3, -0.25) is 4.79 Å². The summed E-state index contributed by atoms with van der Waals surface area (Å²) < 4.78 is 1.96. The Morgan fingerprint density at radius 1 is 1.15 bits per heavy atom. The van der Waals surface area contributed by atoms with E-state index in [0.29, 0.717) is 13.1 Å². The summed E-state index contributed by atoms with van der Waals surface area (Å²) in [5, 5.41) is 9.10. The van der Waals surface area contributed by atoms with Gasteiger partial charge < -0.3 is 20.5 Å². The van der Waals surface area contributed by atoms with Crippen LogP contribution in [0.25, 0.3) is 10.9 Å². The van der Waals surface area contributed by atoms with E-state index in [1.807, 2.05) is 42.1 Å². The molecule has 0 aliphatic heterocycles. The molecule has 0 spiro atoms. The van der Waals surface area contributed by atoms with E-state index in [4.69, 9.17) is 0 Å². The molecule has 6 nitrogen and oxygen atoms in total. The van der Waals surface area contributed by atoms with Gasteiger partial charge in [0.1, 0.15) is 0 Å². The van der Waals surface area contributed by atoms with Crippen LogP contribution in [-0.2, 0) is 11.8 Å². The first-order valence-corrected chi connectivity index (χ1v) is 6.41. The van der Waals surface area contributed by atoms with Gasteiger partial charge in [-0.15, -0.1) is 0 Å². The van der Waals surface area contributed by atoms with E-state index in [9.17, 15) is 9.59 Å². The van der Waals surface area contributed by atoms with Crippen molar-refractivity contribution in [3.8, 4) is 0 Å². The number of aromatic nitrogens is 1. The van der Waals surface area contributed by atoms with E-state index >= 15 is 0 Å². The number of amides is 3. The number of urea groups is 1. The highest BCUT2D eigenvalue weighted by Crippen LogP contribution is 2.24. The first-order valence-electron chi connectivity index (χ1n) is 6.41. The summed E-state index contributed by atoms with van der Waals surface area (Å²) in [7, 11) is 1.93. The summed E-state index contributed by atoms with van der Waals surface area (Å²) in [6.45, 7) is 2.24. The van der Waals surface area contributed by atoms with Crippen LogP contribution in [0.15, 0.2) is 30.5 Å². The fourth-order valence-electron chi connectivity index (χ4n) is 2.02. The van der Waals surface area contributed by atoms with Gasteiger partial charge in [-0.25, -0.2) is 4.79 Å². The number of anilines is 1. The molecule has 3 N–H and O–H groups in total. The number of fused-ring (bicyclic) bond motifs is 1. The summed E-state index contributed by atoms with van der Waals surface area (Å²) in [5.41, 5.74) is 1.82. The van der Waals surface area contributed by atoms with Crippen LogP contribution in [0.3, 0.4) is 0 Å². The molecule has 0 atom stereocenters. The van der Waals surface area contributed by atoms with Gasteiger partial charge in [0.25, 0.3) is 0 Å². The van der Waals surface area contributed by atoms with Crippen LogP contribution >= 0.6 is 0 Å². The lowest BCUT2D eigenvalue weighted by molar-refractivity contribution is -0.118. The molecule has 0 aliphatic rings. The fourth-order valence-corrected chi connectivity index (χ4v) is 2.02. The molecule has 0 bridgehead atoms. The van der Waals surface area contributed by atoms with Gasteiger partial charge in [-0.05, 0) is 6.07 Å². The van der Waals surface area contributed by atoms with Crippen molar-refractivity contribution >= 4 is 28.5 Å². The first-order chi connectivity index (χ1) is 9.58. The number of benzene rings is 1. The minimum absolute atomic E-state index is 0.110. The van der Waals surface area contributed by atoms with E-state index in [1.54, 1.807) is 0 Å². The summed E-state index contributed by atoms with van der Waals surface area (Å²) in [6.07, 6.45) is 1.87. The number of rotatable bonds is 4. The molecule has 0 unspecified atom stereocenters. The molecule has 0 aliphatic carbocycles. The van der Waals surface area contributed by atoms with Crippen molar-refractivity contribution in [2.24, 2.45) is 7.05 Å². The highest BCUT2D eigenvalue weighted by molar-refractivity contribution is 6.01. The number of hydrogen-bond donors (Lipinski definition) is 3. The van der Waals surface area contributed by atoms with Crippen LogP contribution in [0.1, 0.15) is 6.92 Å². The van der Waals surface area contributed by atoms with E-state index in [0.717, 1.165) is 16.6 Å². The van der Waals surface area contributed by atoms with Crippen LogP contribution in [0.2, 0.25) is 0 Å². The largest absolute Gasteiger partial charge is 0.355 e. The molecule has 106 valence electrons. The summed E-state index contributed by atoms with van der Waals surface area (Å²) in [6, 6.07) is 7.56. The Morgan fingerprint density at radius 2 is 1.85 bits per heavy atom. The van der Waals surface area contributed by atoms with Gasteiger partial charge >= 0.3 is 6.03 Å². The second-order valence-corrected chi connectivity index (χ2v) is 4.53. The van der Waals surface area contributed by atoms with Crippen molar-refractivity contribution in [2.75, 3.05) is 18.4 Å². The number of hydrogen-bond acceptors (Lipinski definition) is 2. The van der Waals surface area contributed by atoms with Crippen molar-refractivity contribution in [3.05, 3.63) is 30.5 Å². The van der Waals surface area contributed by atoms with E-state index in [2.05, 4.69) is 16.0 Å². The molecule has 20 heavy (non-hydrogen) atoms. The Bertz CT molecular complexity index is 633. The van der Waals surface area contributed by atoms with Crippen molar-refractivity contribution < 1.29 is 9.59 Å². The van der Waals surface area contributed by atoms with Crippen LogP contribution in [0.5, 0.6) is 0 Å². The van der Waals surface area contributed by atoms with Crippen molar-refractivity contribution in [3.63, 3.8) is 0 Å². The molecular formula is C14H18N4O2. The van der Waals surface area contributed by atoms with Gasteiger partial charge in [0, 0.05) is 44.2 Å². The average Bonchev–Trinajstić information content (AvgIpc) is 2.72. The highest BCUT2D eigenvalue weighted by atomic mass is 16.2. The lowest BCUT2D eigenvalue weighted by Crippen LogP contribution is -2.36. The third kappa shape index (κ3) is 3.28. The second-order valence-electron chi connectivity index (χ2n) is 4.53. The molecule has 0 radical (unpaired) electrons. The third-order valence-electron chi connectivity index (χ3n) is 2.93. The van der Waals surface area contributed by atoms with Crippen LogP contribution < -0.4 is 16.0 Å². The molecule has 0 saturated carbocycles. The molecule has 0 saturated heterocycles. The molecule has 3 amide bonds. The van der Waals surface area contributed by atoms with Crippen molar-refractivity contribution in [2.45, 2.75) is 6.92 Å². The minimum Gasteiger partial charge on any atom is -0.355 e. The lowest BCUT2D eigenvalue weighted by atomic mass is 10.2. The standard InChI is InChI=1S/C14H18N4O2/c1-10(19)15-7-8-16-14(20)17-12-9-18(2)13-6-4-3-5-11(12)13/h3-6,9H,7-8H2,1-2H3,(H,15,19)(H2,16,17,20). The van der Waals surface area contributed by atoms with Gasteiger partial charge in [0.15, 0.2) is 0 Å². The van der Waals surface area contributed by atoms with Crippen molar-refractivity contribution in [1.82, 2.24) is 15.2 Å². The SMILES string of the molecule is CC(=O)NCCNC(=O)Nc1cn(C)c2ccccc12. The first kappa shape index (κ1) is 13.9. The maximum atomic E-state index is 11.8. The van der Waals surface area contributed by atoms with Gasteiger partial charge in [0.05, 0.1) is 5.69 Å². The number of nitrogens with one attached hydrogen (secondary N) is 3. The molecule has 2 aromatic rings. The third-order valence-corrected chi connectivity index (χ3v) is 2.93. The van der Waals surface area contributed by atoms with Gasteiger partial charge in [0.2, 0.25) is 5.91 Å². The molecule has 1 aromatic heterocycles. The maximum absolute atomic E-state index is 11.8. The maximum Gasteiger partial charge on any atom is 0.319 e. The number of nitrogens with zero attached hydrogens (tertiary/aromatic N) is 1. The molecular weight excluding hydrogens is 256 g/mol. The van der Waals surface area contributed by atoms with E-state index in [1.165, 1.54) is 6.92 Å². The molecule has 1 aromatic carbocycles. The number of aryl methyl sites for hydroxylation is 1. The predicted octanol–water partition coefficient (Wildman–Crippen LogP) is 1.44. The zero-order chi connectivity index (χ0) is 14.5. The van der Waals surface area contributed by atoms with Gasteiger partial charge in [-0.2, -0.15) is 0 Å². The van der Waals surface area contributed by atoms with Crippen molar-refractivity contribution in [1.29, 1.82) is 0 Å². The highest BCUT2D eigenvalue weighted by Gasteiger charge is 2.08. The second kappa shape index (κ2) is 6.10. The monoisotopic (exact) mass is 274 g/mol. The molecule has 6 heteroatoms. The molecule has 1 heterocycles.